The van der Waals surface area contributed by atoms with Crippen molar-refractivity contribution in [3.63, 3.8) is 0 Å². The van der Waals surface area contributed by atoms with E-state index in [4.69, 9.17) is 12.2 Å². The highest BCUT2D eigenvalue weighted by Gasteiger charge is 1.91. The lowest BCUT2D eigenvalue weighted by Gasteiger charge is -2.07. The molecule has 0 rings (SSSR count). The highest BCUT2D eigenvalue weighted by Crippen LogP contribution is 2.05. The molecule has 0 saturated heterocycles. The lowest BCUT2D eigenvalue weighted by atomic mass is 10.1. The number of hydrogen-bond acceptors (Lipinski definition) is 1. The van der Waals surface area contributed by atoms with Crippen molar-refractivity contribution < 1.29 is 0 Å². The van der Waals surface area contributed by atoms with Gasteiger partial charge >= 0.3 is 0 Å². The summed E-state index contributed by atoms with van der Waals surface area (Å²) in [6.45, 7) is 11.5. The van der Waals surface area contributed by atoms with Crippen molar-refractivity contribution >= 4 is 17.3 Å². The zero-order valence-corrected chi connectivity index (χ0v) is 12.0. The largest absolute Gasteiger partial charge is 0.359 e. The first-order valence-corrected chi connectivity index (χ1v) is 6.38. The summed E-state index contributed by atoms with van der Waals surface area (Å²) in [7, 11) is 0. The quantitative estimate of drug-likeness (QED) is 0.537. The van der Waals surface area contributed by atoms with Gasteiger partial charge in [-0.25, -0.2) is 0 Å². The van der Waals surface area contributed by atoms with E-state index in [1.54, 1.807) is 6.08 Å². The predicted octanol–water partition coefficient (Wildman–Crippen LogP) is 3.33. The van der Waals surface area contributed by atoms with Crippen LogP contribution in [0.25, 0.3) is 0 Å². The average molecular weight is 252 g/mol. The Morgan fingerprint density at radius 2 is 1.76 bits per heavy atom. The Morgan fingerprint density at radius 3 is 2.35 bits per heavy atom. The zero-order chi connectivity index (χ0) is 13.1. The van der Waals surface area contributed by atoms with Gasteiger partial charge in [0.1, 0.15) is 0 Å². The highest BCUT2D eigenvalue weighted by atomic mass is 32.1. The topological polar surface area (TPSA) is 24.1 Å². The van der Waals surface area contributed by atoms with Crippen molar-refractivity contribution in [2.75, 3.05) is 13.1 Å². The molecule has 0 saturated carbocycles. The van der Waals surface area contributed by atoms with Crippen molar-refractivity contribution in [2.45, 2.75) is 33.6 Å². The van der Waals surface area contributed by atoms with Crippen molar-refractivity contribution in [1.82, 2.24) is 10.6 Å². The molecule has 0 fully saturated rings. The van der Waals surface area contributed by atoms with Crippen LogP contribution in [0.3, 0.4) is 0 Å². The first-order valence-electron chi connectivity index (χ1n) is 5.98. The number of thiocarbonyl (C=S) groups is 1. The second-order valence-corrected chi connectivity index (χ2v) is 4.66. The van der Waals surface area contributed by atoms with Gasteiger partial charge in [-0.3, -0.25) is 0 Å². The van der Waals surface area contributed by atoms with Gasteiger partial charge < -0.3 is 10.6 Å². The SMILES string of the molecule is C=CCNC(=S)NC/C=C(\C)CCC=C(C)C. The van der Waals surface area contributed by atoms with Gasteiger partial charge in [-0.1, -0.05) is 29.4 Å². The fourth-order valence-corrected chi connectivity index (χ4v) is 1.40. The van der Waals surface area contributed by atoms with Crippen LogP contribution in [0.15, 0.2) is 36.0 Å². The summed E-state index contributed by atoms with van der Waals surface area (Å²) in [5, 5.41) is 6.83. The summed E-state index contributed by atoms with van der Waals surface area (Å²) >= 11 is 5.08. The molecule has 0 aromatic rings. The minimum atomic E-state index is 0.679. The third kappa shape index (κ3) is 11.2. The minimum Gasteiger partial charge on any atom is -0.359 e. The van der Waals surface area contributed by atoms with E-state index in [1.165, 1.54) is 11.1 Å². The van der Waals surface area contributed by atoms with Crippen LogP contribution in [-0.2, 0) is 0 Å². The molecule has 0 atom stereocenters. The van der Waals surface area contributed by atoms with Crippen molar-refractivity contribution in [2.24, 2.45) is 0 Å². The van der Waals surface area contributed by atoms with Gasteiger partial charge in [0.15, 0.2) is 5.11 Å². The van der Waals surface area contributed by atoms with E-state index in [2.05, 4.69) is 50.1 Å². The zero-order valence-electron chi connectivity index (χ0n) is 11.2. The monoisotopic (exact) mass is 252 g/mol. The molecule has 0 bridgehead atoms. The second kappa shape index (κ2) is 10.1. The molecule has 2 N–H and O–H groups in total. The van der Waals surface area contributed by atoms with Crippen molar-refractivity contribution in [1.29, 1.82) is 0 Å². The van der Waals surface area contributed by atoms with Gasteiger partial charge in [0.05, 0.1) is 0 Å². The maximum atomic E-state index is 5.08. The van der Waals surface area contributed by atoms with E-state index in [-0.39, 0.29) is 0 Å². The molecule has 0 heterocycles. The van der Waals surface area contributed by atoms with Crippen LogP contribution in [0.5, 0.6) is 0 Å². The average Bonchev–Trinajstić information content (AvgIpc) is 2.25. The molecule has 96 valence electrons. The summed E-state index contributed by atoms with van der Waals surface area (Å²) < 4.78 is 0. The number of hydrogen-bond donors (Lipinski definition) is 2. The van der Waals surface area contributed by atoms with E-state index in [9.17, 15) is 0 Å². The maximum absolute atomic E-state index is 5.08. The fourth-order valence-electron chi connectivity index (χ4n) is 1.24. The molecule has 0 spiro atoms. The van der Waals surface area contributed by atoms with Gasteiger partial charge in [0, 0.05) is 13.1 Å². The molecule has 0 unspecified atom stereocenters. The molecule has 0 aliphatic heterocycles. The van der Waals surface area contributed by atoms with E-state index in [1.807, 2.05) is 0 Å². The van der Waals surface area contributed by atoms with Gasteiger partial charge in [-0.2, -0.15) is 0 Å². The highest BCUT2D eigenvalue weighted by molar-refractivity contribution is 7.80. The Hall–Kier alpha value is -1.09. The van der Waals surface area contributed by atoms with Crippen molar-refractivity contribution in [3.8, 4) is 0 Å². The Balaban J connectivity index is 3.72. The first-order chi connectivity index (χ1) is 8.06. The lowest BCUT2D eigenvalue weighted by molar-refractivity contribution is 0.917. The van der Waals surface area contributed by atoms with E-state index < -0.39 is 0 Å². The summed E-state index contributed by atoms with van der Waals surface area (Å²) in [6, 6.07) is 0. The van der Waals surface area contributed by atoms with Crippen molar-refractivity contribution in [3.05, 3.63) is 36.0 Å². The number of allylic oxidation sites excluding steroid dienone is 3. The van der Waals surface area contributed by atoms with E-state index in [0.717, 1.165) is 19.4 Å². The molecular formula is C14H24N2S. The van der Waals surface area contributed by atoms with Crippen LogP contribution in [0.4, 0.5) is 0 Å². The van der Waals surface area contributed by atoms with Crippen LogP contribution in [0.2, 0.25) is 0 Å². The molecule has 17 heavy (non-hydrogen) atoms. The Kier molecular flexibility index (Phi) is 9.44. The van der Waals surface area contributed by atoms with Gasteiger partial charge in [0.25, 0.3) is 0 Å². The predicted molar refractivity (Wildman–Crippen MR) is 81.2 cm³/mol. The van der Waals surface area contributed by atoms with E-state index >= 15 is 0 Å². The maximum Gasteiger partial charge on any atom is 0.166 e. The number of rotatable bonds is 7. The molecule has 0 radical (unpaired) electrons. The first kappa shape index (κ1) is 15.9. The molecule has 0 aromatic heterocycles. The smallest absolute Gasteiger partial charge is 0.166 e. The molecule has 0 aliphatic carbocycles. The second-order valence-electron chi connectivity index (χ2n) is 4.25. The molecule has 0 amide bonds. The molecular weight excluding hydrogens is 228 g/mol. The normalized spacial score (nSPS) is 10.6. The van der Waals surface area contributed by atoms with Gasteiger partial charge in [0.2, 0.25) is 0 Å². The number of nitrogens with one attached hydrogen (secondary N) is 2. The summed E-state index contributed by atoms with van der Waals surface area (Å²) in [5.74, 6) is 0. The van der Waals surface area contributed by atoms with Gasteiger partial charge in [-0.05, 0) is 45.8 Å². The van der Waals surface area contributed by atoms with Crippen LogP contribution in [-0.4, -0.2) is 18.2 Å². The van der Waals surface area contributed by atoms with Crippen LogP contribution in [0, 0.1) is 0 Å². The fraction of sp³-hybridized carbons (Fsp3) is 0.500. The third-order valence-electron chi connectivity index (χ3n) is 2.21. The van der Waals surface area contributed by atoms with Crippen LogP contribution in [0.1, 0.15) is 33.6 Å². The lowest BCUT2D eigenvalue weighted by Crippen LogP contribution is -2.35. The van der Waals surface area contributed by atoms with E-state index in [0.29, 0.717) is 11.7 Å². The molecule has 0 aliphatic rings. The summed E-state index contributed by atoms with van der Waals surface area (Å²) in [4.78, 5) is 0. The van der Waals surface area contributed by atoms with Gasteiger partial charge in [-0.15, -0.1) is 6.58 Å². The Morgan fingerprint density at radius 1 is 1.12 bits per heavy atom. The summed E-state index contributed by atoms with van der Waals surface area (Å²) in [5.41, 5.74) is 2.77. The summed E-state index contributed by atoms with van der Waals surface area (Å²) in [6.07, 6.45) is 8.46. The minimum absolute atomic E-state index is 0.679. The molecule has 2 nitrogen and oxygen atoms in total. The Bertz CT molecular complexity index is 299. The van der Waals surface area contributed by atoms with Crippen LogP contribution < -0.4 is 10.6 Å². The van der Waals surface area contributed by atoms with Crippen LogP contribution >= 0.6 is 12.2 Å². The molecule has 3 heteroatoms. The standard InChI is InChI=1S/C14H24N2S/c1-5-10-15-14(17)16-11-9-13(4)8-6-7-12(2)3/h5,7,9H,1,6,8,10-11H2,2-4H3,(H2,15,16,17)/b13-9+. The Labute approximate surface area is 111 Å². The molecule has 0 aromatic carbocycles. The third-order valence-corrected chi connectivity index (χ3v) is 2.50.